The van der Waals surface area contributed by atoms with Gasteiger partial charge in [0, 0.05) is 11.6 Å². The third-order valence-electron chi connectivity index (χ3n) is 2.53. The van der Waals surface area contributed by atoms with E-state index in [9.17, 15) is 0 Å². The summed E-state index contributed by atoms with van der Waals surface area (Å²) < 4.78 is 0. The zero-order valence-electron chi connectivity index (χ0n) is 6.89. The largest absolute Gasteiger partial charge is 0.402 e. The van der Waals surface area contributed by atoms with Gasteiger partial charge in [-0.2, -0.15) is 0 Å². The van der Waals surface area contributed by atoms with E-state index in [0.29, 0.717) is 11.8 Å². The van der Waals surface area contributed by atoms with Crippen molar-refractivity contribution in [2.75, 3.05) is 0 Å². The summed E-state index contributed by atoms with van der Waals surface area (Å²) >= 11 is 0. The van der Waals surface area contributed by atoms with Gasteiger partial charge in [-0.1, -0.05) is 25.5 Å². The minimum absolute atomic E-state index is 0.519. The monoisotopic (exact) mass is 137 g/mol. The summed E-state index contributed by atoms with van der Waals surface area (Å²) in [6.45, 7) is 6.55. The van der Waals surface area contributed by atoms with Crippen molar-refractivity contribution in [1.29, 1.82) is 0 Å². The highest BCUT2D eigenvalue weighted by molar-refractivity contribution is 5.25. The molecular formula is C9H15N. The lowest BCUT2D eigenvalue weighted by atomic mass is 9.84. The van der Waals surface area contributed by atoms with Crippen LogP contribution in [0.5, 0.6) is 0 Å². The van der Waals surface area contributed by atoms with Crippen LogP contribution in [0.2, 0.25) is 0 Å². The predicted molar refractivity (Wildman–Crippen MR) is 44.4 cm³/mol. The molecule has 0 fully saturated rings. The Hall–Kier alpha value is -0.720. The first-order chi connectivity index (χ1) is 4.63. The molecule has 0 saturated heterocycles. The molecule has 1 aliphatic rings. The average Bonchev–Trinajstić information content (AvgIpc) is 1.93. The molecule has 2 unspecified atom stereocenters. The van der Waals surface area contributed by atoms with Crippen LogP contribution < -0.4 is 5.73 Å². The van der Waals surface area contributed by atoms with Gasteiger partial charge in [0.25, 0.3) is 0 Å². The zero-order chi connectivity index (χ0) is 7.72. The van der Waals surface area contributed by atoms with Gasteiger partial charge in [-0.05, 0) is 18.9 Å². The summed E-state index contributed by atoms with van der Waals surface area (Å²) in [6.07, 6.45) is 4.12. The van der Waals surface area contributed by atoms with Gasteiger partial charge in [0.15, 0.2) is 0 Å². The van der Waals surface area contributed by atoms with Crippen molar-refractivity contribution in [3.8, 4) is 0 Å². The van der Waals surface area contributed by atoms with E-state index >= 15 is 0 Å². The maximum atomic E-state index is 5.75. The number of hydrogen-bond donors (Lipinski definition) is 1. The molecule has 1 heteroatoms. The minimum Gasteiger partial charge on any atom is -0.402 e. The summed E-state index contributed by atoms with van der Waals surface area (Å²) in [7, 11) is 0. The summed E-state index contributed by atoms with van der Waals surface area (Å²) in [5.41, 5.74) is 8.19. The zero-order valence-corrected chi connectivity index (χ0v) is 6.89. The van der Waals surface area contributed by atoms with Crippen LogP contribution in [0, 0.1) is 11.8 Å². The van der Waals surface area contributed by atoms with Gasteiger partial charge in [-0.25, -0.2) is 0 Å². The number of rotatable bonds is 0. The van der Waals surface area contributed by atoms with Crippen LogP contribution >= 0.6 is 0 Å². The van der Waals surface area contributed by atoms with Crippen LogP contribution in [0.15, 0.2) is 23.4 Å². The van der Waals surface area contributed by atoms with Gasteiger partial charge in [-0.15, -0.1) is 0 Å². The average molecular weight is 137 g/mol. The smallest absolute Gasteiger partial charge is 0.0115 e. The van der Waals surface area contributed by atoms with Crippen LogP contribution in [-0.4, -0.2) is 0 Å². The molecule has 10 heavy (non-hydrogen) atoms. The summed E-state index contributed by atoms with van der Waals surface area (Å²) in [4.78, 5) is 0. The van der Waals surface area contributed by atoms with Gasteiger partial charge >= 0.3 is 0 Å². The second-order valence-corrected chi connectivity index (χ2v) is 3.15. The topological polar surface area (TPSA) is 26.0 Å². The molecule has 2 N–H and O–H groups in total. The Morgan fingerprint density at radius 2 is 1.80 bits per heavy atom. The first kappa shape index (κ1) is 7.39. The molecule has 0 amide bonds. The minimum atomic E-state index is 0.519. The molecule has 1 aliphatic carbocycles. The first-order valence-electron chi connectivity index (χ1n) is 3.76. The van der Waals surface area contributed by atoms with Gasteiger partial charge in [0.1, 0.15) is 0 Å². The van der Waals surface area contributed by atoms with Crippen LogP contribution in [0.4, 0.5) is 0 Å². The molecule has 0 radical (unpaired) electrons. The van der Waals surface area contributed by atoms with Crippen molar-refractivity contribution in [3.63, 3.8) is 0 Å². The van der Waals surface area contributed by atoms with E-state index in [2.05, 4.69) is 26.8 Å². The first-order valence-corrected chi connectivity index (χ1v) is 3.76. The van der Waals surface area contributed by atoms with E-state index in [1.165, 1.54) is 5.57 Å². The van der Waals surface area contributed by atoms with Crippen molar-refractivity contribution in [3.05, 3.63) is 23.4 Å². The van der Waals surface area contributed by atoms with Gasteiger partial charge < -0.3 is 5.73 Å². The van der Waals surface area contributed by atoms with Crippen molar-refractivity contribution >= 4 is 0 Å². The molecule has 56 valence electrons. The lowest BCUT2D eigenvalue weighted by Crippen LogP contribution is -2.19. The van der Waals surface area contributed by atoms with E-state index in [-0.39, 0.29) is 0 Å². The van der Waals surface area contributed by atoms with E-state index < -0.39 is 0 Å². The fourth-order valence-electron chi connectivity index (χ4n) is 1.21. The SMILES string of the molecule is CC1=CC=C(N)C(C)C1C. The molecule has 0 aliphatic heterocycles. The van der Waals surface area contributed by atoms with E-state index in [0.717, 1.165) is 5.70 Å². The second kappa shape index (κ2) is 2.49. The Morgan fingerprint density at radius 3 is 2.30 bits per heavy atom. The quantitative estimate of drug-likeness (QED) is 0.543. The highest BCUT2D eigenvalue weighted by atomic mass is 14.6. The van der Waals surface area contributed by atoms with Gasteiger partial charge in [0.05, 0.1) is 0 Å². The maximum absolute atomic E-state index is 5.75. The Labute approximate surface area is 62.6 Å². The number of hydrogen-bond acceptors (Lipinski definition) is 1. The maximum Gasteiger partial charge on any atom is 0.0115 e. The van der Waals surface area contributed by atoms with Crippen molar-refractivity contribution in [1.82, 2.24) is 0 Å². The van der Waals surface area contributed by atoms with E-state index in [1.54, 1.807) is 0 Å². The van der Waals surface area contributed by atoms with Crippen molar-refractivity contribution < 1.29 is 0 Å². The number of nitrogens with two attached hydrogens (primary N) is 1. The van der Waals surface area contributed by atoms with E-state index in [4.69, 9.17) is 5.73 Å². The van der Waals surface area contributed by atoms with Crippen molar-refractivity contribution in [2.45, 2.75) is 20.8 Å². The molecule has 0 aromatic carbocycles. The van der Waals surface area contributed by atoms with E-state index in [1.807, 2.05) is 6.08 Å². The van der Waals surface area contributed by atoms with Crippen LogP contribution in [0.25, 0.3) is 0 Å². The number of allylic oxidation sites excluding steroid dienone is 4. The Kier molecular flexibility index (Phi) is 1.84. The fourth-order valence-corrected chi connectivity index (χ4v) is 1.21. The molecule has 0 heterocycles. The molecule has 0 saturated carbocycles. The Morgan fingerprint density at radius 1 is 1.20 bits per heavy atom. The molecule has 0 spiro atoms. The van der Waals surface area contributed by atoms with Gasteiger partial charge in [0.2, 0.25) is 0 Å². The highest BCUT2D eigenvalue weighted by Crippen LogP contribution is 2.27. The standard InChI is InChI=1S/C9H15N/c1-6-4-5-9(10)8(3)7(6)2/h4-5,7-8H,10H2,1-3H3. The second-order valence-electron chi connectivity index (χ2n) is 3.15. The third kappa shape index (κ3) is 1.08. The summed E-state index contributed by atoms with van der Waals surface area (Å²) in [6, 6.07) is 0. The lowest BCUT2D eigenvalue weighted by molar-refractivity contribution is 0.492. The van der Waals surface area contributed by atoms with Crippen LogP contribution in [0.1, 0.15) is 20.8 Å². The Bertz CT molecular complexity index is 167. The Balaban J connectivity index is 2.86. The highest BCUT2D eigenvalue weighted by Gasteiger charge is 2.18. The molecular weight excluding hydrogens is 122 g/mol. The molecule has 1 nitrogen and oxygen atoms in total. The molecule has 0 bridgehead atoms. The van der Waals surface area contributed by atoms with Gasteiger partial charge in [-0.3, -0.25) is 0 Å². The normalized spacial score (nSPS) is 33.1. The summed E-state index contributed by atoms with van der Waals surface area (Å²) in [5, 5.41) is 0. The van der Waals surface area contributed by atoms with Crippen LogP contribution in [0.3, 0.4) is 0 Å². The predicted octanol–water partition coefficient (Wildman–Crippen LogP) is 2.06. The van der Waals surface area contributed by atoms with Crippen molar-refractivity contribution in [2.24, 2.45) is 17.6 Å². The summed E-state index contributed by atoms with van der Waals surface area (Å²) in [5.74, 6) is 1.13. The molecule has 0 aromatic rings. The van der Waals surface area contributed by atoms with Crippen LogP contribution in [-0.2, 0) is 0 Å². The lowest BCUT2D eigenvalue weighted by Gasteiger charge is -2.24. The third-order valence-corrected chi connectivity index (χ3v) is 2.53. The molecule has 2 atom stereocenters. The fraction of sp³-hybridized carbons (Fsp3) is 0.556. The molecule has 0 aromatic heterocycles. The molecule has 1 rings (SSSR count).